The molecule has 4 heteroatoms. The number of hydrogen-bond acceptors (Lipinski definition) is 3. The van der Waals surface area contributed by atoms with Crippen LogP contribution >= 0.6 is 0 Å². The van der Waals surface area contributed by atoms with Crippen molar-refractivity contribution in [3.63, 3.8) is 0 Å². The molecule has 1 aromatic heterocycles. The quantitative estimate of drug-likeness (QED) is 0.795. The molecule has 96 valence electrons. The first kappa shape index (κ1) is 12.6. The Morgan fingerprint density at radius 2 is 2.47 bits per heavy atom. The van der Waals surface area contributed by atoms with E-state index in [0.29, 0.717) is 0 Å². The highest BCUT2D eigenvalue weighted by atomic mass is 16.5. The van der Waals surface area contributed by atoms with Crippen molar-refractivity contribution in [3.05, 3.63) is 18.2 Å². The molecular formula is C13H23N3O. The van der Waals surface area contributed by atoms with Crippen LogP contribution in [0.25, 0.3) is 0 Å². The molecule has 0 spiro atoms. The summed E-state index contributed by atoms with van der Waals surface area (Å²) in [7, 11) is 0. The minimum absolute atomic E-state index is 0.0915. The molecule has 2 heterocycles. The largest absolute Gasteiger partial charge is 0.379 e. The van der Waals surface area contributed by atoms with Crippen LogP contribution in [0.2, 0.25) is 0 Å². The lowest BCUT2D eigenvalue weighted by Crippen LogP contribution is -2.38. The molecular weight excluding hydrogens is 214 g/mol. The molecule has 1 aliphatic heterocycles. The molecule has 4 nitrogen and oxygen atoms in total. The molecule has 1 fully saturated rings. The van der Waals surface area contributed by atoms with Crippen molar-refractivity contribution in [1.82, 2.24) is 14.9 Å². The lowest BCUT2D eigenvalue weighted by molar-refractivity contribution is 0.00944. The number of hydrogen-bond donors (Lipinski definition) is 1. The number of aromatic nitrogens is 2. The first-order chi connectivity index (χ1) is 8.24. The predicted octanol–water partition coefficient (Wildman–Crippen LogP) is 1.91. The second kappa shape index (κ2) is 5.65. The molecule has 1 saturated heterocycles. The monoisotopic (exact) mass is 237 g/mol. The summed E-state index contributed by atoms with van der Waals surface area (Å²) in [6, 6.07) is 0. The van der Waals surface area contributed by atoms with Crippen LogP contribution in [-0.2, 0) is 16.8 Å². The third kappa shape index (κ3) is 3.07. The molecule has 2 rings (SSSR count). The molecule has 1 atom stereocenters. The fourth-order valence-electron chi connectivity index (χ4n) is 2.27. The summed E-state index contributed by atoms with van der Waals surface area (Å²) in [5.41, 5.74) is 1.21. The minimum atomic E-state index is 0.0915. The van der Waals surface area contributed by atoms with Gasteiger partial charge in [-0.25, -0.2) is 4.98 Å². The molecule has 1 aromatic rings. The van der Waals surface area contributed by atoms with Gasteiger partial charge in [0, 0.05) is 19.3 Å². The molecule has 1 N–H and O–H groups in total. The predicted molar refractivity (Wildman–Crippen MR) is 67.9 cm³/mol. The fraction of sp³-hybridized carbons (Fsp3) is 0.769. The maximum atomic E-state index is 5.58. The fourth-order valence-corrected chi connectivity index (χ4v) is 2.27. The highest BCUT2D eigenvalue weighted by Gasteiger charge is 2.29. The summed E-state index contributed by atoms with van der Waals surface area (Å²) in [5, 5.41) is 3.37. The second-order valence-corrected chi connectivity index (χ2v) is 5.10. The Labute approximate surface area is 103 Å². The zero-order chi connectivity index (χ0) is 12.1. The number of nitrogens with one attached hydrogen (secondary N) is 1. The number of ether oxygens (including phenoxy) is 1. The topological polar surface area (TPSA) is 39.1 Å². The van der Waals surface area contributed by atoms with Gasteiger partial charge in [-0.05, 0) is 32.7 Å². The molecule has 1 unspecified atom stereocenters. The van der Waals surface area contributed by atoms with Gasteiger partial charge in [0.25, 0.3) is 0 Å². The van der Waals surface area contributed by atoms with Crippen LogP contribution in [0.1, 0.15) is 38.8 Å². The SMILES string of the molecule is CCCNCc1cn(C2(C)CCCOC2)cn1. The molecule has 0 aliphatic carbocycles. The van der Waals surface area contributed by atoms with E-state index in [1.54, 1.807) is 0 Å². The van der Waals surface area contributed by atoms with Crippen LogP contribution in [0.4, 0.5) is 0 Å². The average Bonchev–Trinajstić information content (AvgIpc) is 2.80. The van der Waals surface area contributed by atoms with Gasteiger partial charge in [-0.1, -0.05) is 6.92 Å². The Kier molecular flexibility index (Phi) is 4.18. The number of nitrogens with zero attached hydrogens (tertiary/aromatic N) is 2. The molecule has 0 saturated carbocycles. The Hall–Kier alpha value is -0.870. The first-order valence-corrected chi connectivity index (χ1v) is 6.56. The third-order valence-electron chi connectivity index (χ3n) is 3.41. The van der Waals surface area contributed by atoms with Crippen LogP contribution in [0.15, 0.2) is 12.5 Å². The number of rotatable bonds is 5. The van der Waals surface area contributed by atoms with Crippen molar-refractivity contribution in [3.8, 4) is 0 Å². The smallest absolute Gasteiger partial charge is 0.0955 e. The third-order valence-corrected chi connectivity index (χ3v) is 3.41. The Balaban J connectivity index is 1.96. The summed E-state index contributed by atoms with van der Waals surface area (Å²) in [5.74, 6) is 0. The van der Waals surface area contributed by atoms with Gasteiger partial charge in [0.15, 0.2) is 0 Å². The van der Waals surface area contributed by atoms with Crippen LogP contribution in [0.5, 0.6) is 0 Å². The second-order valence-electron chi connectivity index (χ2n) is 5.10. The highest BCUT2D eigenvalue weighted by molar-refractivity contribution is 5.01. The zero-order valence-electron chi connectivity index (χ0n) is 10.9. The van der Waals surface area contributed by atoms with Gasteiger partial charge in [0.2, 0.25) is 0 Å². The normalized spacial score (nSPS) is 25.1. The van der Waals surface area contributed by atoms with E-state index in [1.807, 2.05) is 6.33 Å². The average molecular weight is 237 g/mol. The maximum Gasteiger partial charge on any atom is 0.0955 e. The Bertz CT molecular complexity index is 342. The van der Waals surface area contributed by atoms with E-state index in [-0.39, 0.29) is 5.54 Å². The Morgan fingerprint density at radius 1 is 1.59 bits per heavy atom. The van der Waals surface area contributed by atoms with Gasteiger partial charge in [-0.2, -0.15) is 0 Å². The van der Waals surface area contributed by atoms with E-state index in [1.165, 1.54) is 6.42 Å². The molecule has 0 amide bonds. The van der Waals surface area contributed by atoms with E-state index in [0.717, 1.165) is 44.8 Å². The lowest BCUT2D eigenvalue weighted by atomic mass is 9.95. The summed E-state index contributed by atoms with van der Waals surface area (Å²) in [6.07, 6.45) is 7.56. The van der Waals surface area contributed by atoms with Gasteiger partial charge in [-0.3, -0.25) is 0 Å². The van der Waals surface area contributed by atoms with E-state index >= 15 is 0 Å². The minimum Gasteiger partial charge on any atom is -0.379 e. The van der Waals surface area contributed by atoms with Crippen LogP contribution in [-0.4, -0.2) is 29.3 Å². The standard InChI is InChI=1S/C13H23N3O/c1-3-6-14-8-12-9-16(11-15-12)13(2)5-4-7-17-10-13/h9,11,14H,3-8,10H2,1-2H3. The van der Waals surface area contributed by atoms with Gasteiger partial charge in [-0.15, -0.1) is 0 Å². The molecule has 0 bridgehead atoms. The Morgan fingerprint density at radius 3 is 3.18 bits per heavy atom. The lowest BCUT2D eigenvalue weighted by Gasteiger charge is -2.34. The maximum absolute atomic E-state index is 5.58. The van der Waals surface area contributed by atoms with E-state index < -0.39 is 0 Å². The van der Waals surface area contributed by atoms with Crippen molar-refractivity contribution < 1.29 is 4.74 Å². The van der Waals surface area contributed by atoms with Crippen molar-refractivity contribution in [1.29, 1.82) is 0 Å². The zero-order valence-corrected chi connectivity index (χ0v) is 10.9. The molecule has 17 heavy (non-hydrogen) atoms. The van der Waals surface area contributed by atoms with Crippen LogP contribution in [0.3, 0.4) is 0 Å². The molecule has 0 aromatic carbocycles. The van der Waals surface area contributed by atoms with Crippen molar-refractivity contribution in [2.24, 2.45) is 0 Å². The summed E-state index contributed by atoms with van der Waals surface area (Å²) < 4.78 is 7.80. The molecule has 1 aliphatic rings. The van der Waals surface area contributed by atoms with Crippen molar-refractivity contribution >= 4 is 0 Å². The highest BCUT2D eigenvalue weighted by Crippen LogP contribution is 2.26. The summed E-state index contributed by atoms with van der Waals surface area (Å²) >= 11 is 0. The number of imidazole rings is 1. The van der Waals surface area contributed by atoms with Gasteiger partial charge >= 0.3 is 0 Å². The van der Waals surface area contributed by atoms with Gasteiger partial charge < -0.3 is 14.6 Å². The summed E-state index contributed by atoms with van der Waals surface area (Å²) in [6.45, 7) is 8.02. The van der Waals surface area contributed by atoms with Crippen LogP contribution < -0.4 is 5.32 Å². The first-order valence-electron chi connectivity index (χ1n) is 6.56. The van der Waals surface area contributed by atoms with E-state index in [2.05, 4.69) is 34.9 Å². The summed E-state index contributed by atoms with van der Waals surface area (Å²) in [4.78, 5) is 4.45. The van der Waals surface area contributed by atoms with Gasteiger partial charge in [0.1, 0.15) is 0 Å². The van der Waals surface area contributed by atoms with Gasteiger partial charge in [0.05, 0.1) is 24.2 Å². The molecule has 0 radical (unpaired) electrons. The van der Waals surface area contributed by atoms with E-state index in [4.69, 9.17) is 4.74 Å². The van der Waals surface area contributed by atoms with Crippen molar-refractivity contribution in [2.75, 3.05) is 19.8 Å². The van der Waals surface area contributed by atoms with Crippen molar-refractivity contribution in [2.45, 2.75) is 45.2 Å². The van der Waals surface area contributed by atoms with E-state index in [9.17, 15) is 0 Å². The van der Waals surface area contributed by atoms with Crippen LogP contribution in [0, 0.1) is 0 Å².